The molecule has 0 radical (unpaired) electrons. The summed E-state index contributed by atoms with van der Waals surface area (Å²) in [6, 6.07) is 15.0. The number of benzene rings is 2. The Morgan fingerprint density at radius 1 is 1.05 bits per heavy atom. The van der Waals surface area contributed by atoms with Crippen LogP contribution in [-0.4, -0.2) is 18.4 Å². The molecule has 114 valence electrons. The quantitative estimate of drug-likeness (QED) is 0.860. The van der Waals surface area contributed by atoms with Crippen LogP contribution in [0.3, 0.4) is 0 Å². The Bertz CT molecular complexity index is 669. The Balaban J connectivity index is 1.78. The first-order valence-corrected chi connectivity index (χ1v) is 7.70. The highest BCUT2D eigenvalue weighted by molar-refractivity contribution is 9.10. The molecule has 4 nitrogen and oxygen atoms in total. The smallest absolute Gasteiger partial charge is 0.243 e. The highest BCUT2D eigenvalue weighted by Gasteiger charge is 2.07. The van der Waals surface area contributed by atoms with Crippen molar-refractivity contribution in [2.45, 2.75) is 13.3 Å². The summed E-state index contributed by atoms with van der Waals surface area (Å²) in [5, 5.41) is 5.35. The maximum absolute atomic E-state index is 11.8. The van der Waals surface area contributed by atoms with Gasteiger partial charge in [0.2, 0.25) is 11.8 Å². The standard InChI is InChI=1S/C17H17BrN2O2/c1-12-5-7-15(8-6-12)20-17(22)11-19-16(21)10-13-3-2-4-14(18)9-13/h2-9H,10-11H2,1H3,(H,19,21)(H,20,22). The molecule has 0 bridgehead atoms. The fraction of sp³-hybridized carbons (Fsp3) is 0.176. The molecule has 0 spiro atoms. The third-order valence-electron chi connectivity index (χ3n) is 3.04. The van der Waals surface area contributed by atoms with E-state index in [4.69, 9.17) is 0 Å². The van der Waals surface area contributed by atoms with E-state index in [2.05, 4.69) is 26.6 Å². The average molecular weight is 361 g/mol. The molecular weight excluding hydrogens is 344 g/mol. The van der Waals surface area contributed by atoms with Gasteiger partial charge < -0.3 is 10.6 Å². The molecule has 0 aromatic heterocycles. The Kier molecular flexibility index (Phi) is 5.72. The number of hydrogen-bond acceptors (Lipinski definition) is 2. The van der Waals surface area contributed by atoms with Crippen molar-refractivity contribution in [3.05, 3.63) is 64.1 Å². The number of halogens is 1. The molecule has 5 heteroatoms. The van der Waals surface area contributed by atoms with Crippen LogP contribution in [0.1, 0.15) is 11.1 Å². The zero-order chi connectivity index (χ0) is 15.9. The lowest BCUT2D eigenvalue weighted by atomic mass is 10.1. The molecule has 0 saturated carbocycles. The van der Waals surface area contributed by atoms with Gasteiger partial charge >= 0.3 is 0 Å². The molecule has 0 heterocycles. The molecule has 2 aromatic rings. The number of hydrogen-bond donors (Lipinski definition) is 2. The van der Waals surface area contributed by atoms with Gasteiger partial charge in [0.15, 0.2) is 0 Å². The monoisotopic (exact) mass is 360 g/mol. The predicted octanol–water partition coefficient (Wildman–Crippen LogP) is 3.05. The van der Waals surface area contributed by atoms with Crippen LogP contribution in [-0.2, 0) is 16.0 Å². The Labute approximate surface area is 138 Å². The normalized spacial score (nSPS) is 10.1. The van der Waals surface area contributed by atoms with Gasteiger partial charge in [-0.25, -0.2) is 0 Å². The summed E-state index contributed by atoms with van der Waals surface area (Å²) in [6.07, 6.45) is 0.247. The van der Waals surface area contributed by atoms with Crippen LogP contribution < -0.4 is 10.6 Å². The summed E-state index contributed by atoms with van der Waals surface area (Å²) in [5.41, 5.74) is 2.74. The topological polar surface area (TPSA) is 58.2 Å². The fourth-order valence-electron chi connectivity index (χ4n) is 1.92. The van der Waals surface area contributed by atoms with E-state index in [0.717, 1.165) is 21.3 Å². The van der Waals surface area contributed by atoms with E-state index in [1.54, 1.807) is 0 Å². The summed E-state index contributed by atoms with van der Waals surface area (Å²) in [7, 11) is 0. The lowest BCUT2D eigenvalue weighted by Gasteiger charge is -2.07. The van der Waals surface area contributed by atoms with Crippen LogP contribution in [0.5, 0.6) is 0 Å². The second kappa shape index (κ2) is 7.75. The lowest BCUT2D eigenvalue weighted by molar-refractivity contribution is -0.123. The molecule has 0 atom stereocenters. The van der Waals surface area contributed by atoms with Gasteiger partial charge in [0, 0.05) is 10.2 Å². The minimum absolute atomic E-state index is 0.0410. The summed E-state index contributed by atoms with van der Waals surface area (Å²) < 4.78 is 0.926. The van der Waals surface area contributed by atoms with E-state index in [1.165, 1.54) is 0 Å². The van der Waals surface area contributed by atoms with E-state index in [9.17, 15) is 9.59 Å². The highest BCUT2D eigenvalue weighted by Crippen LogP contribution is 2.12. The number of anilines is 1. The second-order valence-corrected chi connectivity index (χ2v) is 5.91. The van der Waals surface area contributed by atoms with Gasteiger partial charge in [-0.15, -0.1) is 0 Å². The van der Waals surface area contributed by atoms with Crippen LogP contribution in [0.4, 0.5) is 5.69 Å². The third kappa shape index (κ3) is 5.33. The Hall–Kier alpha value is -2.14. The predicted molar refractivity (Wildman–Crippen MR) is 90.7 cm³/mol. The molecule has 2 amide bonds. The van der Waals surface area contributed by atoms with Gasteiger partial charge in [-0.3, -0.25) is 9.59 Å². The van der Waals surface area contributed by atoms with E-state index in [0.29, 0.717) is 0 Å². The molecule has 0 aliphatic carbocycles. The first kappa shape index (κ1) is 16.2. The molecule has 0 unspecified atom stereocenters. The summed E-state index contributed by atoms with van der Waals surface area (Å²) in [6.45, 7) is 1.94. The molecule has 22 heavy (non-hydrogen) atoms. The summed E-state index contributed by atoms with van der Waals surface area (Å²) in [5.74, 6) is -0.427. The van der Waals surface area contributed by atoms with E-state index in [-0.39, 0.29) is 24.8 Å². The van der Waals surface area contributed by atoms with Crippen molar-refractivity contribution in [3.63, 3.8) is 0 Å². The zero-order valence-electron chi connectivity index (χ0n) is 12.2. The second-order valence-electron chi connectivity index (χ2n) is 5.00. The number of aryl methyl sites for hydroxylation is 1. The number of amides is 2. The summed E-state index contributed by atoms with van der Waals surface area (Å²) in [4.78, 5) is 23.6. The first-order valence-electron chi connectivity index (χ1n) is 6.90. The zero-order valence-corrected chi connectivity index (χ0v) is 13.8. The van der Waals surface area contributed by atoms with Crippen LogP contribution in [0.2, 0.25) is 0 Å². The van der Waals surface area contributed by atoms with Crippen molar-refractivity contribution in [3.8, 4) is 0 Å². The molecule has 0 aliphatic rings. The van der Waals surface area contributed by atoms with E-state index in [1.807, 2.05) is 55.5 Å². The maximum atomic E-state index is 11.8. The highest BCUT2D eigenvalue weighted by atomic mass is 79.9. The van der Waals surface area contributed by atoms with Gasteiger partial charge in [0.05, 0.1) is 13.0 Å². The van der Waals surface area contributed by atoms with Crippen molar-refractivity contribution in [1.82, 2.24) is 5.32 Å². The van der Waals surface area contributed by atoms with Crippen LogP contribution in [0.25, 0.3) is 0 Å². The largest absolute Gasteiger partial charge is 0.347 e. The number of nitrogens with one attached hydrogen (secondary N) is 2. The Morgan fingerprint density at radius 3 is 2.45 bits per heavy atom. The van der Waals surface area contributed by atoms with E-state index < -0.39 is 0 Å². The average Bonchev–Trinajstić information content (AvgIpc) is 2.48. The van der Waals surface area contributed by atoms with Gasteiger partial charge in [-0.1, -0.05) is 45.8 Å². The molecule has 0 saturated heterocycles. The molecule has 2 aromatic carbocycles. The van der Waals surface area contributed by atoms with Crippen molar-refractivity contribution in [2.75, 3.05) is 11.9 Å². The molecule has 0 fully saturated rings. The van der Waals surface area contributed by atoms with Crippen LogP contribution in [0.15, 0.2) is 53.0 Å². The molecule has 2 N–H and O–H groups in total. The fourth-order valence-corrected chi connectivity index (χ4v) is 2.36. The van der Waals surface area contributed by atoms with Crippen molar-refractivity contribution >= 4 is 33.4 Å². The molecule has 0 aliphatic heterocycles. The van der Waals surface area contributed by atoms with Crippen LogP contribution >= 0.6 is 15.9 Å². The number of rotatable bonds is 5. The van der Waals surface area contributed by atoms with Crippen molar-refractivity contribution in [2.24, 2.45) is 0 Å². The Morgan fingerprint density at radius 2 is 1.77 bits per heavy atom. The maximum Gasteiger partial charge on any atom is 0.243 e. The van der Waals surface area contributed by atoms with Crippen LogP contribution in [0, 0.1) is 6.92 Å². The number of carbonyl (C=O) groups is 2. The SMILES string of the molecule is Cc1ccc(NC(=O)CNC(=O)Cc2cccc(Br)c2)cc1. The third-order valence-corrected chi connectivity index (χ3v) is 3.53. The summed E-state index contributed by atoms with van der Waals surface area (Å²) >= 11 is 3.36. The van der Waals surface area contributed by atoms with Gasteiger partial charge in [-0.2, -0.15) is 0 Å². The molecular formula is C17H17BrN2O2. The minimum atomic E-state index is -0.244. The minimum Gasteiger partial charge on any atom is -0.347 e. The van der Waals surface area contributed by atoms with Crippen molar-refractivity contribution in [1.29, 1.82) is 0 Å². The number of carbonyl (C=O) groups excluding carboxylic acids is 2. The van der Waals surface area contributed by atoms with Crippen molar-refractivity contribution < 1.29 is 9.59 Å². The van der Waals surface area contributed by atoms with E-state index >= 15 is 0 Å². The van der Waals surface area contributed by atoms with Gasteiger partial charge in [0.1, 0.15) is 0 Å². The first-order chi connectivity index (χ1) is 10.5. The van der Waals surface area contributed by atoms with Gasteiger partial charge in [0.25, 0.3) is 0 Å². The van der Waals surface area contributed by atoms with Gasteiger partial charge in [-0.05, 0) is 36.8 Å². The molecule has 2 rings (SSSR count). The lowest BCUT2D eigenvalue weighted by Crippen LogP contribution is -2.33.